The summed E-state index contributed by atoms with van der Waals surface area (Å²) in [5.74, 6) is -0.215. The van der Waals surface area contributed by atoms with E-state index in [1.807, 2.05) is 6.92 Å². The Bertz CT molecular complexity index is 445. The Hall–Kier alpha value is -1.62. The van der Waals surface area contributed by atoms with E-state index in [0.717, 1.165) is 18.5 Å². The fourth-order valence-electron chi connectivity index (χ4n) is 2.19. The minimum Gasteiger partial charge on any atom is -0.478 e. The van der Waals surface area contributed by atoms with Gasteiger partial charge in [-0.25, -0.2) is 9.78 Å². The lowest BCUT2D eigenvalue weighted by atomic mass is 9.96. The topological polar surface area (TPSA) is 82.5 Å². The van der Waals surface area contributed by atoms with Gasteiger partial charge in [0.15, 0.2) is 0 Å². The first kappa shape index (κ1) is 16.4. The van der Waals surface area contributed by atoms with Crippen molar-refractivity contribution in [1.82, 2.24) is 4.98 Å². The monoisotopic (exact) mass is 280 g/mol. The molecule has 0 bridgehead atoms. The predicted molar refractivity (Wildman–Crippen MR) is 79.1 cm³/mol. The van der Waals surface area contributed by atoms with Crippen LogP contribution in [0.4, 0.5) is 5.82 Å². The molecule has 0 aliphatic heterocycles. The van der Waals surface area contributed by atoms with Crippen LogP contribution < -0.4 is 5.32 Å². The van der Waals surface area contributed by atoms with Gasteiger partial charge in [-0.2, -0.15) is 0 Å². The number of carboxylic acids is 1. The van der Waals surface area contributed by atoms with Crippen molar-refractivity contribution >= 4 is 11.8 Å². The Labute approximate surface area is 120 Å². The molecule has 0 saturated heterocycles. The normalized spacial score (nSPS) is 12.4. The zero-order valence-electron chi connectivity index (χ0n) is 12.4. The van der Waals surface area contributed by atoms with Gasteiger partial charge in [0, 0.05) is 12.2 Å². The fraction of sp³-hybridized carbons (Fsp3) is 0.600. The minimum atomic E-state index is -0.967. The average Bonchev–Trinajstić information content (AvgIpc) is 2.45. The maximum Gasteiger partial charge on any atom is 0.335 e. The number of aromatic nitrogens is 1. The number of aliphatic hydroxyl groups excluding tert-OH is 1. The van der Waals surface area contributed by atoms with Crippen LogP contribution in [0.15, 0.2) is 12.1 Å². The molecule has 0 spiro atoms. The van der Waals surface area contributed by atoms with E-state index in [-0.39, 0.29) is 11.5 Å². The first-order chi connectivity index (χ1) is 9.51. The number of carbonyl (C=O) groups is 1. The largest absolute Gasteiger partial charge is 0.478 e. The van der Waals surface area contributed by atoms with Gasteiger partial charge in [0.25, 0.3) is 0 Å². The molecule has 1 unspecified atom stereocenters. The van der Waals surface area contributed by atoms with E-state index in [0.29, 0.717) is 18.8 Å². The van der Waals surface area contributed by atoms with Crippen LogP contribution in [0.2, 0.25) is 0 Å². The highest BCUT2D eigenvalue weighted by Crippen LogP contribution is 2.15. The van der Waals surface area contributed by atoms with Crippen molar-refractivity contribution in [3.63, 3.8) is 0 Å². The number of hydrogen-bond donors (Lipinski definition) is 3. The summed E-state index contributed by atoms with van der Waals surface area (Å²) < 4.78 is 0. The number of aryl methyl sites for hydroxylation is 1. The Balaban J connectivity index is 2.76. The molecular weight excluding hydrogens is 256 g/mol. The van der Waals surface area contributed by atoms with Gasteiger partial charge in [-0.1, -0.05) is 33.6 Å². The molecule has 112 valence electrons. The van der Waals surface area contributed by atoms with E-state index < -0.39 is 12.1 Å². The molecule has 0 aliphatic rings. The standard InChI is InChI=1S/C15H24N2O3/c1-4-10(5-2)13(18)9-16-14-8-11(15(19)20)7-12(6-3)17-14/h7-8,10,13,18H,4-6,9H2,1-3H3,(H,16,17)(H,19,20). The van der Waals surface area contributed by atoms with Crippen LogP contribution in [0.5, 0.6) is 0 Å². The number of aliphatic hydroxyl groups is 1. The number of aromatic carboxylic acids is 1. The number of carboxylic acid groups (broad SMARTS) is 1. The molecule has 20 heavy (non-hydrogen) atoms. The predicted octanol–water partition coefficient (Wildman–Crippen LogP) is 2.55. The zero-order valence-corrected chi connectivity index (χ0v) is 12.4. The molecule has 1 rings (SSSR count). The van der Waals surface area contributed by atoms with Crippen molar-refractivity contribution in [2.75, 3.05) is 11.9 Å². The van der Waals surface area contributed by atoms with E-state index in [2.05, 4.69) is 24.1 Å². The van der Waals surface area contributed by atoms with Gasteiger partial charge in [0.1, 0.15) is 5.82 Å². The molecular formula is C15H24N2O3. The van der Waals surface area contributed by atoms with Crippen molar-refractivity contribution in [2.24, 2.45) is 5.92 Å². The van der Waals surface area contributed by atoms with Crippen LogP contribution in [0.25, 0.3) is 0 Å². The first-order valence-corrected chi connectivity index (χ1v) is 7.17. The summed E-state index contributed by atoms with van der Waals surface area (Å²) in [4.78, 5) is 15.4. The molecule has 0 fully saturated rings. The molecule has 0 aromatic carbocycles. The lowest BCUT2D eigenvalue weighted by Gasteiger charge is -2.20. The van der Waals surface area contributed by atoms with Gasteiger partial charge >= 0.3 is 5.97 Å². The first-order valence-electron chi connectivity index (χ1n) is 7.17. The third-order valence-corrected chi connectivity index (χ3v) is 3.57. The summed E-state index contributed by atoms with van der Waals surface area (Å²) in [6.07, 6.45) is 2.06. The molecule has 3 N–H and O–H groups in total. The van der Waals surface area contributed by atoms with Gasteiger partial charge in [-0.3, -0.25) is 0 Å². The van der Waals surface area contributed by atoms with E-state index in [9.17, 15) is 9.90 Å². The van der Waals surface area contributed by atoms with Crippen molar-refractivity contribution in [2.45, 2.75) is 46.1 Å². The molecule has 5 nitrogen and oxygen atoms in total. The Morgan fingerprint density at radius 2 is 1.95 bits per heavy atom. The highest BCUT2D eigenvalue weighted by atomic mass is 16.4. The lowest BCUT2D eigenvalue weighted by molar-refractivity contribution is 0.0696. The van der Waals surface area contributed by atoms with Crippen LogP contribution in [0, 0.1) is 5.92 Å². The molecule has 0 amide bonds. The molecule has 0 saturated carbocycles. The maximum absolute atomic E-state index is 11.1. The van der Waals surface area contributed by atoms with Gasteiger partial charge < -0.3 is 15.5 Å². The summed E-state index contributed by atoms with van der Waals surface area (Å²) in [7, 11) is 0. The molecule has 1 heterocycles. The number of rotatable bonds is 8. The van der Waals surface area contributed by atoms with Gasteiger partial charge in [-0.15, -0.1) is 0 Å². The number of hydrogen-bond acceptors (Lipinski definition) is 4. The van der Waals surface area contributed by atoms with Crippen LogP contribution in [-0.4, -0.2) is 33.8 Å². The second-order valence-electron chi connectivity index (χ2n) is 4.92. The number of nitrogens with one attached hydrogen (secondary N) is 1. The SMILES string of the molecule is CCc1cc(C(=O)O)cc(NCC(O)C(CC)CC)n1. The van der Waals surface area contributed by atoms with Crippen LogP contribution in [0.3, 0.4) is 0 Å². The van der Waals surface area contributed by atoms with E-state index in [1.54, 1.807) is 6.07 Å². The molecule has 1 aromatic heterocycles. The van der Waals surface area contributed by atoms with Gasteiger partial charge in [0.2, 0.25) is 0 Å². The Morgan fingerprint density at radius 3 is 2.45 bits per heavy atom. The quantitative estimate of drug-likeness (QED) is 0.681. The average molecular weight is 280 g/mol. The third-order valence-electron chi connectivity index (χ3n) is 3.57. The number of nitrogens with zero attached hydrogens (tertiary/aromatic N) is 1. The van der Waals surface area contributed by atoms with Crippen molar-refractivity contribution in [3.05, 3.63) is 23.4 Å². The van der Waals surface area contributed by atoms with Crippen LogP contribution >= 0.6 is 0 Å². The second-order valence-corrected chi connectivity index (χ2v) is 4.92. The molecule has 0 radical (unpaired) electrons. The number of pyridine rings is 1. The summed E-state index contributed by atoms with van der Waals surface area (Å²) in [6, 6.07) is 3.08. The Morgan fingerprint density at radius 1 is 1.30 bits per heavy atom. The summed E-state index contributed by atoms with van der Waals surface area (Å²) in [5.41, 5.74) is 0.945. The van der Waals surface area contributed by atoms with Crippen molar-refractivity contribution < 1.29 is 15.0 Å². The van der Waals surface area contributed by atoms with E-state index in [1.165, 1.54) is 6.07 Å². The van der Waals surface area contributed by atoms with Crippen LogP contribution in [0.1, 0.15) is 49.7 Å². The van der Waals surface area contributed by atoms with Crippen molar-refractivity contribution in [1.29, 1.82) is 0 Å². The molecule has 1 atom stereocenters. The molecule has 0 aliphatic carbocycles. The summed E-state index contributed by atoms with van der Waals surface area (Å²) in [5, 5.41) is 22.2. The third kappa shape index (κ3) is 4.49. The van der Waals surface area contributed by atoms with E-state index >= 15 is 0 Å². The number of anilines is 1. The molecule has 1 aromatic rings. The highest BCUT2D eigenvalue weighted by molar-refractivity contribution is 5.88. The maximum atomic E-state index is 11.1. The molecule has 5 heteroatoms. The van der Waals surface area contributed by atoms with Gasteiger partial charge in [-0.05, 0) is 24.5 Å². The lowest BCUT2D eigenvalue weighted by Crippen LogP contribution is -2.28. The summed E-state index contributed by atoms with van der Waals surface area (Å²) >= 11 is 0. The Kier molecular flexibility index (Phi) is 6.45. The fourth-order valence-corrected chi connectivity index (χ4v) is 2.19. The second kappa shape index (κ2) is 7.85. The van der Waals surface area contributed by atoms with E-state index in [4.69, 9.17) is 5.11 Å². The van der Waals surface area contributed by atoms with Crippen LogP contribution in [-0.2, 0) is 6.42 Å². The summed E-state index contributed by atoms with van der Waals surface area (Å²) in [6.45, 7) is 6.41. The van der Waals surface area contributed by atoms with Gasteiger partial charge in [0.05, 0.1) is 11.7 Å². The van der Waals surface area contributed by atoms with Crippen molar-refractivity contribution in [3.8, 4) is 0 Å². The smallest absolute Gasteiger partial charge is 0.335 e. The highest BCUT2D eigenvalue weighted by Gasteiger charge is 2.15. The zero-order chi connectivity index (χ0) is 15.1. The minimum absolute atomic E-state index is 0.219.